The highest BCUT2D eigenvalue weighted by molar-refractivity contribution is 5.94. The second-order valence-electron chi connectivity index (χ2n) is 8.27. The zero-order valence-corrected chi connectivity index (χ0v) is 18.7. The normalized spacial score (nSPS) is 23.4. The number of fused-ring (bicyclic) bond motifs is 13. The van der Waals surface area contributed by atoms with Crippen molar-refractivity contribution in [3.63, 3.8) is 0 Å². The molecule has 0 aromatic heterocycles. The van der Waals surface area contributed by atoms with E-state index in [9.17, 15) is 19.2 Å². The quantitative estimate of drug-likeness (QED) is 0.503. The van der Waals surface area contributed by atoms with Crippen LogP contribution in [0.2, 0.25) is 0 Å². The molecule has 2 bridgehead atoms. The van der Waals surface area contributed by atoms with Crippen molar-refractivity contribution in [3.8, 4) is 5.75 Å². The van der Waals surface area contributed by atoms with Gasteiger partial charge in [-0.2, -0.15) is 0 Å². The number of hydrogen-bond acceptors (Lipinski definition) is 5. The lowest BCUT2D eigenvalue weighted by Crippen LogP contribution is -2.56. The molecule has 2 heterocycles. The maximum absolute atomic E-state index is 13.0. The molecule has 0 fully saturated rings. The third-order valence-corrected chi connectivity index (χ3v) is 4.94. The molecule has 9 nitrogen and oxygen atoms in total. The summed E-state index contributed by atoms with van der Waals surface area (Å²) in [6.45, 7) is 5.45. The van der Waals surface area contributed by atoms with Crippen LogP contribution in [0.3, 0.4) is 0 Å². The summed E-state index contributed by atoms with van der Waals surface area (Å²) in [7, 11) is 0. The molecule has 3 rings (SSSR count). The first-order valence-corrected chi connectivity index (χ1v) is 10.7. The van der Waals surface area contributed by atoms with Crippen LogP contribution in [0.5, 0.6) is 5.75 Å². The van der Waals surface area contributed by atoms with Gasteiger partial charge >= 0.3 is 0 Å². The highest BCUT2D eigenvalue weighted by Crippen LogP contribution is 2.14. The highest BCUT2D eigenvalue weighted by Gasteiger charge is 2.29. The van der Waals surface area contributed by atoms with Crippen molar-refractivity contribution in [2.75, 3.05) is 6.61 Å². The average Bonchev–Trinajstić information content (AvgIpc) is 2.71. The molecule has 0 unspecified atom stereocenters. The first-order valence-electron chi connectivity index (χ1n) is 10.7. The molecule has 32 heavy (non-hydrogen) atoms. The number of nitrogens with one attached hydrogen (secondary N) is 3. The number of amides is 4. The topological polar surface area (TPSA) is 140 Å². The molecule has 3 atom stereocenters. The first kappa shape index (κ1) is 24.9. The summed E-state index contributed by atoms with van der Waals surface area (Å²) >= 11 is 0. The number of nitrogens with two attached hydrogens (primary N) is 1. The van der Waals surface area contributed by atoms with E-state index in [2.05, 4.69) is 16.0 Å². The van der Waals surface area contributed by atoms with E-state index in [-0.39, 0.29) is 31.3 Å². The Bertz CT molecular complexity index is 850. The third kappa shape index (κ3) is 8.05. The average molecular weight is 445 g/mol. The molecule has 174 valence electrons. The van der Waals surface area contributed by atoms with Crippen molar-refractivity contribution in [1.82, 2.24) is 16.0 Å². The van der Waals surface area contributed by atoms with Gasteiger partial charge in [0.2, 0.25) is 23.6 Å². The fourth-order valence-electron chi connectivity index (χ4n) is 3.35. The molecule has 1 aromatic rings. The highest BCUT2D eigenvalue weighted by atomic mass is 16.5. The van der Waals surface area contributed by atoms with Gasteiger partial charge in [-0.05, 0) is 36.5 Å². The number of carbonyl (C=O) groups is 4. The molecule has 0 radical (unpaired) electrons. The Morgan fingerprint density at radius 2 is 1.81 bits per heavy atom. The Balaban J connectivity index is 2.34. The van der Waals surface area contributed by atoms with Crippen molar-refractivity contribution in [1.29, 1.82) is 0 Å². The van der Waals surface area contributed by atoms with Gasteiger partial charge in [0.25, 0.3) is 0 Å². The minimum Gasteiger partial charge on any atom is -0.490 e. The predicted octanol–water partition coefficient (Wildman–Crippen LogP) is 0.574. The zero-order valence-electron chi connectivity index (χ0n) is 18.7. The molecule has 1 aromatic carbocycles. The maximum atomic E-state index is 13.0. The van der Waals surface area contributed by atoms with E-state index in [0.717, 1.165) is 5.56 Å². The number of hydrogen-bond donors (Lipinski definition) is 4. The van der Waals surface area contributed by atoms with Crippen molar-refractivity contribution >= 4 is 23.6 Å². The van der Waals surface area contributed by atoms with E-state index in [1.54, 1.807) is 36.4 Å². The van der Waals surface area contributed by atoms with Gasteiger partial charge in [0, 0.05) is 13.3 Å². The van der Waals surface area contributed by atoms with Gasteiger partial charge in [-0.15, -0.1) is 0 Å². The summed E-state index contributed by atoms with van der Waals surface area (Å²) in [5.74, 6) is -1.30. The molecule has 2 aliphatic rings. The van der Waals surface area contributed by atoms with Crippen LogP contribution in [0.15, 0.2) is 36.4 Å². The Labute approximate surface area is 188 Å². The van der Waals surface area contributed by atoms with Crippen LogP contribution in [-0.4, -0.2) is 48.4 Å². The van der Waals surface area contributed by atoms with E-state index in [4.69, 9.17) is 10.5 Å². The second kappa shape index (κ2) is 11.9. The number of carbonyl (C=O) groups excluding carboxylic acids is 4. The van der Waals surface area contributed by atoms with Crippen molar-refractivity contribution in [3.05, 3.63) is 42.0 Å². The smallest absolute Gasteiger partial charge is 0.243 e. The molecule has 0 saturated heterocycles. The SMILES string of the molecule is CC(=O)N[C@H]1C/C=C\COc2ccc(cc2)C[C@@H](C(N)=O)NC(=O)[C@H](CC(C)C)NC1=O. The minimum absolute atomic E-state index is 0.0935. The van der Waals surface area contributed by atoms with E-state index in [1.165, 1.54) is 6.92 Å². The number of benzene rings is 1. The van der Waals surface area contributed by atoms with Crippen molar-refractivity contribution in [2.24, 2.45) is 11.7 Å². The zero-order chi connectivity index (χ0) is 23.7. The van der Waals surface area contributed by atoms with Gasteiger partial charge in [-0.3, -0.25) is 19.2 Å². The molecule has 0 saturated carbocycles. The van der Waals surface area contributed by atoms with Crippen LogP contribution in [0.1, 0.15) is 39.2 Å². The number of ether oxygens (including phenoxy) is 1. The van der Waals surface area contributed by atoms with E-state index in [0.29, 0.717) is 12.2 Å². The summed E-state index contributed by atoms with van der Waals surface area (Å²) in [6, 6.07) is 4.48. The molecular weight excluding hydrogens is 412 g/mol. The molecule has 0 aliphatic carbocycles. The van der Waals surface area contributed by atoms with Crippen LogP contribution in [0.25, 0.3) is 0 Å². The predicted molar refractivity (Wildman–Crippen MR) is 120 cm³/mol. The fraction of sp³-hybridized carbons (Fsp3) is 0.478. The van der Waals surface area contributed by atoms with Gasteiger partial charge in [0.15, 0.2) is 0 Å². The number of rotatable bonds is 4. The van der Waals surface area contributed by atoms with Crippen molar-refractivity contribution in [2.45, 2.75) is 58.2 Å². The third-order valence-electron chi connectivity index (χ3n) is 4.94. The van der Waals surface area contributed by atoms with E-state index in [1.807, 2.05) is 13.8 Å². The second-order valence-corrected chi connectivity index (χ2v) is 8.27. The summed E-state index contributed by atoms with van der Waals surface area (Å²) in [6.07, 6.45) is 4.29. The van der Waals surface area contributed by atoms with Gasteiger partial charge in [0.05, 0.1) is 0 Å². The molecule has 2 aliphatic heterocycles. The Kier molecular flexibility index (Phi) is 9.24. The van der Waals surface area contributed by atoms with E-state index >= 15 is 0 Å². The van der Waals surface area contributed by atoms with Gasteiger partial charge < -0.3 is 26.4 Å². The van der Waals surface area contributed by atoms with Crippen LogP contribution < -0.4 is 26.4 Å². The Morgan fingerprint density at radius 1 is 1.12 bits per heavy atom. The molecule has 9 heteroatoms. The lowest BCUT2D eigenvalue weighted by Gasteiger charge is -2.25. The summed E-state index contributed by atoms with van der Waals surface area (Å²) < 4.78 is 5.64. The Hall–Kier alpha value is -3.36. The lowest BCUT2D eigenvalue weighted by molar-refractivity contribution is -0.133. The minimum atomic E-state index is -0.940. The summed E-state index contributed by atoms with van der Waals surface area (Å²) in [5, 5.41) is 7.99. The largest absolute Gasteiger partial charge is 0.490 e. The van der Waals surface area contributed by atoms with Gasteiger partial charge in [-0.1, -0.05) is 38.1 Å². The van der Waals surface area contributed by atoms with Crippen LogP contribution in [-0.2, 0) is 25.6 Å². The number of primary amides is 1. The van der Waals surface area contributed by atoms with Crippen LogP contribution in [0, 0.1) is 5.92 Å². The fourth-order valence-corrected chi connectivity index (χ4v) is 3.35. The summed E-state index contributed by atoms with van der Waals surface area (Å²) in [5.41, 5.74) is 6.33. The van der Waals surface area contributed by atoms with Crippen LogP contribution >= 0.6 is 0 Å². The Morgan fingerprint density at radius 3 is 2.41 bits per heavy atom. The first-order chi connectivity index (χ1) is 15.2. The molecule has 4 amide bonds. The molecule has 5 N–H and O–H groups in total. The standard InChI is InChI=1S/C23H32N4O5/c1-14(2)12-20-23(31)26-19(21(24)29)13-16-7-9-17(10-8-16)32-11-5-4-6-18(22(30)27-20)25-15(3)28/h4-5,7-10,14,18-20H,6,11-13H2,1-3H3,(H2,24,29)(H,25,28)(H,26,31)(H,27,30)/b5-4-/t18-,19-,20-/m0/s1. The molecular formula is C23H32N4O5. The summed E-state index contributed by atoms with van der Waals surface area (Å²) in [4.78, 5) is 49.5. The van der Waals surface area contributed by atoms with Crippen LogP contribution in [0.4, 0.5) is 0 Å². The van der Waals surface area contributed by atoms with Gasteiger partial charge in [-0.25, -0.2) is 0 Å². The van der Waals surface area contributed by atoms with Gasteiger partial charge in [0.1, 0.15) is 30.5 Å². The van der Waals surface area contributed by atoms with E-state index < -0.39 is 35.8 Å². The monoisotopic (exact) mass is 444 g/mol. The molecule has 0 spiro atoms. The van der Waals surface area contributed by atoms with Crippen molar-refractivity contribution < 1.29 is 23.9 Å². The lowest BCUT2D eigenvalue weighted by atomic mass is 10.0. The maximum Gasteiger partial charge on any atom is 0.243 e.